The number of amides is 2. The van der Waals surface area contributed by atoms with Crippen LogP contribution in [0.2, 0.25) is 0 Å². The predicted octanol–water partition coefficient (Wildman–Crippen LogP) is 4.48. The number of halogens is 1. The zero-order chi connectivity index (χ0) is 24.6. The van der Waals surface area contributed by atoms with Gasteiger partial charge >= 0.3 is 0 Å². The average Bonchev–Trinajstić information content (AvgIpc) is 3.16. The fourth-order valence-electron chi connectivity index (χ4n) is 4.76. The van der Waals surface area contributed by atoms with Crippen LogP contribution in [-0.2, 0) is 9.59 Å². The van der Waals surface area contributed by atoms with Gasteiger partial charge in [-0.25, -0.2) is 0 Å². The van der Waals surface area contributed by atoms with Crippen molar-refractivity contribution in [3.05, 3.63) is 54.1 Å². The van der Waals surface area contributed by atoms with Crippen molar-refractivity contribution in [2.75, 3.05) is 26.1 Å². The number of nitrogens with zero attached hydrogens (tertiary/aromatic N) is 1. The SMILES string of the molecule is COc1ccc([C@H](C(=O)NC2CCCCCC2)N(C[C@H]2COc3ccccc3O2)C(=O)CCl)cc1. The Morgan fingerprint density at radius 1 is 1.06 bits per heavy atom. The molecule has 0 radical (unpaired) electrons. The van der Waals surface area contributed by atoms with Crippen LogP contribution in [0.5, 0.6) is 17.2 Å². The molecule has 1 N–H and O–H groups in total. The molecule has 4 rings (SSSR count). The average molecular weight is 501 g/mol. The number of methoxy groups -OCH3 is 1. The van der Waals surface area contributed by atoms with E-state index in [0.29, 0.717) is 22.8 Å². The van der Waals surface area contributed by atoms with Gasteiger partial charge in [-0.3, -0.25) is 9.59 Å². The van der Waals surface area contributed by atoms with E-state index in [1.807, 2.05) is 36.4 Å². The molecule has 2 aromatic rings. The largest absolute Gasteiger partial charge is 0.497 e. The Morgan fingerprint density at radius 3 is 2.40 bits per heavy atom. The lowest BCUT2D eigenvalue weighted by Crippen LogP contribution is -2.51. The first-order chi connectivity index (χ1) is 17.1. The minimum Gasteiger partial charge on any atom is -0.497 e. The van der Waals surface area contributed by atoms with Crippen molar-refractivity contribution in [1.29, 1.82) is 0 Å². The van der Waals surface area contributed by atoms with E-state index in [4.69, 9.17) is 25.8 Å². The standard InChI is InChI=1S/C27H33ClN2O5/c1-33-21-14-12-19(13-15-21)26(27(32)29-20-8-4-2-3-5-9-20)30(25(31)16-28)17-22-18-34-23-10-6-7-11-24(23)35-22/h6-7,10-15,20,22,26H,2-5,8-9,16-18H2,1H3,(H,29,32)/t22-,26+/m0/s1. The van der Waals surface area contributed by atoms with Crippen LogP contribution in [0.3, 0.4) is 0 Å². The maximum Gasteiger partial charge on any atom is 0.247 e. The van der Waals surface area contributed by atoms with Crippen molar-refractivity contribution >= 4 is 23.4 Å². The van der Waals surface area contributed by atoms with Crippen molar-refractivity contribution in [2.24, 2.45) is 0 Å². The molecule has 188 valence electrons. The first-order valence-electron chi connectivity index (χ1n) is 12.3. The number of fused-ring (bicyclic) bond motifs is 1. The fourth-order valence-corrected chi connectivity index (χ4v) is 4.92. The Hall–Kier alpha value is -2.93. The van der Waals surface area contributed by atoms with Crippen molar-refractivity contribution in [1.82, 2.24) is 10.2 Å². The fraction of sp³-hybridized carbons (Fsp3) is 0.481. The Balaban J connectivity index is 1.60. The van der Waals surface area contributed by atoms with Crippen LogP contribution < -0.4 is 19.5 Å². The third kappa shape index (κ3) is 6.40. The van der Waals surface area contributed by atoms with E-state index in [1.165, 1.54) is 17.7 Å². The van der Waals surface area contributed by atoms with Crippen molar-refractivity contribution < 1.29 is 23.8 Å². The normalized spacial score (nSPS) is 18.7. The molecule has 2 aliphatic rings. The highest BCUT2D eigenvalue weighted by Crippen LogP contribution is 2.32. The Morgan fingerprint density at radius 2 is 1.74 bits per heavy atom. The molecule has 2 atom stereocenters. The lowest BCUT2D eigenvalue weighted by atomic mass is 10.0. The van der Waals surface area contributed by atoms with Gasteiger partial charge in [0.05, 0.1) is 13.7 Å². The first kappa shape index (κ1) is 25.2. The van der Waals surface area contributed by atoms with Crippen LogP contribution >= 0.6 is 11.6 Å². The van der Waals surface area contributed by atoms with E-state index in [2.05, 4.69) is 5.32 Å². The topological polar surface area (TPSA) is 77.1 Å². The summed E-state index contributed by atoms with van der Waals surface area (Å²) in [5, 5.41) is 3.22. The van der Waals surface area contributed by atoms with Gasteiger partial charge in [-0.15, -0.1) is 11.6 Å². The van der Waals surface area contributed by atoms with Gasteiger partial charge in [-0.05, 0) is 42.7 Å². The van der Waals surface area contributed by atoms with E-state index in [0.717, 1.165) is 25.7 Å². The van der Waals surface area contributed by atoms with Gasteiger partial charge in [0.25, 0.3) is 0 Å². The van der Waals surface area contributed by atoms with Crippen molar-refractivity contribution in [3.8, 4) is 17.2 Å². The number of hydrogen-bond acceptors (Lipinski definition) is 5. The monoisotopic (exact) mass is 500 g/mol. The molecule has 1 saturated carbocycles. The molecule has 0 unspecified atom stereocenters. The third-order valence-corrected chi connectivity index (χ3v) is 6.82. The summed E-state index contributed by atoms with van der Waals surface area (Å²) in [6.07, 6.45) is 6.01. The molecule has 0 aromatic heterocycles. The maximum atomic E-state index is 13.7. The zero-order valence-corrected chi connectivity index (χ0v) is 20.8. The second-order valence-electron chi connectivity index (χ2n) is 9.05. The molecule has 35 heavy (non-hydrogen) atoms. The quantitative estimate of drug-likeness (QED) is 0.427. The Kier molecular flexibility index (Phi) is 8.74. The second-order valence-corrected chi connectivity index (χ2v) is 9.32. The summed E-state index contributed by atoms with van der Waals surface area (Å²) in [5.41, 5.74) is 0.688. The molecule has 1 fully saturated rings. The summed E-state index contributed by atoms with van der Waals surface area (Å²) in [7, 11) is 1.59. The Labute approximate surface area is 211 Å². The van der Waals surface area contributed by atoms with Crippen LogP contribution in [0.1, 0.15) is 50.1 Å². The summed E-state index contributed by atoms with van der Waals surface area (Å²) in [6.45, 7) is 0.428. The molecule has 2 amide bonds. The summed E-state index contributed by atoms with van der Waals surface area (Å²) >= 11 is 6.03. The van der Waals surface area contributed by atoms with Gasteiger partial charge in [0.2, 0.25) is 11.8 Å². The van der Waals surface area contributed by atoms with Crippen molar-refractivity contribution in [2.45, 2.75) is 56.7 Å². The summed E-state index contributed by atoms with van der Waals surface area (Å²) < 4.78 is 17.3. The van der Waals surface area contributed by atoms with Crippen LogP contribution in [0.4, 0.5) is 0 Å². The number of nitrogens with one attached hydrogen (secondary N) is 1. The third-order valence-electron chi connectivity index (χ3n) is 6.60. The lowest BCUT2D eigenvalue weighted by Gasteiger charge is -2.36. The number of alkyl halides is 1. The minimum atomic E-state index is -0.851. The molecule has 7 nitrogen and oxygen atoms in total. The maximum absolute atomic E-state index is 13.7. The number of rotatable bonds is 8. The van der Waals surface area contributed by atoms with Gasteiger partial charge in [0.15, 0.2) is 17.6 Å². The van der Waals surface area contributed by atoms with E-state index < -0.39 is 12.1 Å². The van der Waals surface area contributed by atoms with Crippen molar-refractivity contribution in [3.63, 3.8) is 0 Å². The summed E-state index contributed by atoms with van der Waals surface area (Å²) in [4.78, 5) is 28.4. The summed E-state index contributed by atoms with van der Waals surface area (Å²) in [6, 6.07) is 13.9. The highest BCUT2D eigenvalue weighted by atomic mass is 35.5. The first-order valence-corrected chi connectivity index (χ1v) is 12.8. The molecule has 1 aliphatic carbocycles. The summed E-state index contributed by atoms with van der Waals surface area (Å²) in [5.74, 6) is 1.16. The van der Waals surface area contributed by atoms with Crippen LogP contribution in [0.25, 0.3) is 0 Å². The molecule has 0 saturated heterocycles. The Bertz CT molecular complexity index is 991. The number of ether oxygens (including phenoxy) is 3. The number of benzene rings is 2. The van der Waals surface area contributed by atoms with Crippen LogP contribution in [0.15, 0.2) is 48.5 Å². The zero-order valence-electron chi connectivity index (χ0n) is 20.1. The van der Waals surface area contributed by atoms with Gasteiger partial charge in [0.1, 0.15) is 24.3 Å². The minimum absolute atomic E-state index is 0.0971. The van der Waals surface area contributed by atoms with E-state index >= 15 is 0 Å². The smallest absolute Gasteiger partial charge is 0.247 e. The number of carbonyl (C=O) groups excluding carboxylic acids is 2. The molecule has 0 spiro atoms. The van der Waals surface area contributed by atoms with E-state index in [-0.39, 0.29) is 36.9 Å². The molecule has 1 aliphatic heterocycles. The molecule has 1 heterocycles. The number of para-hydroxylation sites is 2. The van der Waals surface area contributed by atoms with Gasteiger partial charge in [0, 0.05) is 6.04 Å². The molecular formula is C27H33ClN2O5. The predicted molar refractivity (Wildman–Crippen MR) is 134 cm³/mol. The van der Waals surface area contributed by atoms with Gasteiger partial charge < -0.3 is 24.4 Å². The molecule has 0 bridgehead atoms. The number of hydrogen-bond donors (Lipinski definition) is 1. The number of carbonyl (C=O) groups is 2. The molecule has 8 heteroatoms. The van der Waals surface area contributed by atoms with Crippen LogP contribution in [0, 0.1) is 0 Å². The molecule has 2 aromatic carbocycles. The van der Waals surface area contributed by atoms with Gasteiger partial charge in [-0.1, -0.05) is 49.9 Å². The van der Waals surface area contributed by atoms with E-state index in [9.17, 15) is 9.59 Å². The highest BCUT2D eigenvalue weighted by molar-refractivity contribution is 6.27. The molecular weight excluding hydrogens is 468 g/mol. The van der Waals surface area contributed by atoms with Crippen LogP contribution in [-0.4, -0.2) is 55.0 Å². The van der Waals surface area contributed by atoms with Gasteiger partial charge in [-0.2, -0.15) is 0 Å². The highest BCUT2D eigenvalue weighted by Gasteiger charge is 2.35. The lowest BCUT2D eigenvalue weighted by molar-refractivity contribution is -0.141. The van der Waals surface area contributed by atoms with E-state index in [1.54, 1.807) is 19.2 Å². The second kappa shape index (κ2) is 12.2.